The van der Waals surface area contributed by atoms with Gasteiger partial charge in [0.1, 0.15) is 6.61 Å². The van der Waals surface area contributed by atoms with Crippen LogP contribution in [0.5, 0.6) is 0 Å². The number of hydrogen-bond acceptors (Lipinski definition) is 3. The Labute approximate surface area is 82.5 Å². The Morgan fingerprint density at radius 3 is 3.00 bits per heavy atom. The largest absolute Gasteiger partial charge is 0.447 e. The van der Waals surface area contributed by atoms with Gasteiger partial charge in [0, 0.05) is 5.92 Å². The van der Waals surface area contributed by atoms with Crippen LogP contribution in [0.3, 0.4) is 0 Å². The lowest BCUT2D eigenvalue weighted by Crippen LogP contribution is -2.33. The number of nitrogens with zero attached hydrogens (tertiary/aromatic N) is 1. The van der Waals surface area contributed by atoms with Crippen LogP contribution in [0.2, 0.25) is 0 Å². The first-order valence-electron chi connectivity index (χ1n) is 4.85. The second-order valence-electron chi connectivity index (χ2n) is 3.64. The maximum Gasteiger partial charge on any atom is 0.416 e. The van der Waals surface area contributed by atoms with Crippen molar-refractivity contribution in [2.24, 2.45) is 11.8 Å². The molecule has 0 spiro atoms. The van der Waals surface area contributed by atoms with Gasteiger partial charge in [0.05, 0.1) is 6.54 Å². The second-order valence-corrected chi connectivity index (χ2v) is 3.64. The fourth-order valence-electron chi connectivity index (χ4n) is 1.75. The molecule has 76 valence electrons. The standard InChI is InChI=1S/C10H13NO3/c1-2-3-7-6-8(7)9(12)11-4-5-14-10(11)13/h2-3,7-8H,4-6H2,1H3/b3-2+/t7-,8-/m0/s1. The lowest BCUT2D eigenvalue weighted by Gasteiger charge is -2.09. The molecule has 0 aromatic heterocycles. The highest BCUT2D eigenvalue weighted by atomic mass is 16.6. The maximum absolute atomic E-state index is 11.7. The Bertz CT molecular complexity index is 298. The summed E-state index contributed by atoms with van der Waals surface area (Å²) in [7, 11) is 0. The first-order valence-corrected chi connectivity index (χ1v) is 4.85. The highest BCUT2D eigenvalue weighted by Gasteiger charge is 2.45. The van der Waals surface area contributed by atoms with Crippen LogP contribution < -0.4 is 0 Å². The topological polar surface area (TPSA) is 46.6 Å². The van der Waals surface area contributed by atoms with Crippen LogP contribution in [0, 0.1) is 11.8 Å². The first-order chi connectivity index (χ1) is 6.74. The molecule has 1 heterocycles. The number of ether oxygens (including phenoxy) is 1. The molecule has 2 atom stereocenters. The number of carbonyl (C=O) groups excluding carboxylic acids is 2. The van der Waals surface area contributed by atoms with Crippen LogP contribution in [0.4, 0.5) is 4.79 Å². The van der Waals surface area contributed by atoms with E-state index in [1.165, 1.54) is 4.90 Å². The summed E-state index contributed by atoms with van der Waals surface area (Å²) in [4.78, 5) is 24.0. The molecule has 2 fully saturated rings. The minimum Gasteiger partial charge on any atom is -0.447 e. The number of cyclic esters (lactones) is 1. The average Bonchev–Trinajstić information content (AvgIpc) is 2.79. The third kappa shape index (κ3) is 1.52. The molecule has 1 aliphatic carbocycles. The minimum atomic E-state index is -0.485. The SMILES string of the molecule is C/C=C/[C@H]1C[C@@H]1C(=O)N1CCOC1=O. The van der Waals surface area contributed by atoms with E-state index < -0.39 is 6.09 Å². The van der Waals surface area contributed by atoms with Gasteiger partial charge in [-0.25, -0.2) is 9.69 Å². The molecule has 0 radical (unpaired) electrons. The van der Waals surface area contributed by atoms with Crippen molar-refractivity contribution >= 4 is 12.0 Å². The Balaban J connectivity index is 1.94. The van der Waals surface area contributed by atoms with Gasteiger partial charge in [-0.15, -0.1) is 0 Å². The molecule has 0 bridgehead atoms. The Kier molecular flexibility index (Phi) is 2.27. The van der Waals surface area contributed by atoms with E-state index in [1.54, 1.807) is 0 Å². The fraction of sp³-hybridized carbons (Fsp3) is 0.600. The van der Waals surface area contributed by atoms with Crippen molar-refractivity contribution < 1.29 is 14.3 Å². The van der Waals surface area contributed by atoms with Gasteiger partial charge < -0.3 is 4.74 Å². The summed E-state index contributed by atoms with van der Waals surface area (Å²) < 4.78 is 4.71. The molecule has 1 saturated carbocycles. The van der Waals surface area contributed by atoms with Gasteiger partial charge in [0.2, 0.25) is 5.91 Å². The molecule has 4 heteroatoms. The molecule has 2 rings (SSSR count). The number of hydrogen-bond donors (Lipinski definition) is 0. The first kappa shape index (κ1) is 9.24. The van der Waals surface area contributed by atoms with E-state index in [-0.39, 0.29) is 11.8 Å². The van der Waals surface area contributed by atoms with Crippen molar-refractivity contribution in [1.29, 1.82) is 0 Å². The van der Waals surface area contributed by atoms with E-state index >= 15 is 0 Å². The summed E-state index contributed by atoms with van der Waals surface area (Å²) in [6, 6.07) is 0. The Morgan fingerprint density at radius 1 is 1.64 bits per heavy atom. The molecular weight excluding hydrogens is 182 g/mol. The van der Waals surface area contributed by atoms with Crippen LogP contribution in [0.25, 0.3) is 0 Å². The van der Waals surface area contributed by atoms with Gasteiger partial charge in [0.25, 0.3) is 0 Å². The molecule has 2 amide bonds. The fourth-order valence-corrected chi connectivity index (χ4v) is 1.75. The van der Waals surface area contributed by atoms with E-state index in [4.69, 9.17) is 4.74 Å². The van der Waals surface area contributed by atoms with Crippen LogP contribution in [-0.2, 0) is 9.53 Å². The molecule has 2 aliphatic rings. The van der Waals surface area contributed by atoms with E-state index in [1.807, 2.05) is 19.1 Å². The van der Waals surface area contributed by atoms with Gasteiger partial charge in [-0.05, 0) is 19.3 Å². The molecule has 4 nitrogen and oxygen atoms in total. The van der Waals surface area contributed by atoms with Gasteiger partial charge in [-0.1, -0.05) is 12.2 Å². The summed E-state index contributed by atoms with van der Waals surface area (Å²) in [5.41, 5.74) is 0. The van der Waals surface area contributed by atoms with Gasteiger partial charge in [-0.3, -0.25) is 4.79 Å². The number of carbonyl (C=O) groups is 2. The predicted molar refractivity (Wildman–Crippen MR) is 49.5 cm³/mol. The molecule has 0 unspecified atom stereocenters. The van der Waals surface area contributed by atoms with Crippen LogP contribution in [0.1, 0.15) is 13.3 Å². The van der Waals surface area contributed by atoms with Crippen LogP contribution in [0.15, 0.2) is 12.2 Å². The third-order valence-corrected chi connectivity index (χ3v) is 2.62. The van der Waals surface area contributed by atoms with E-state index in [0.717, 1.165) is 6.42 Å². The monoisotopic (exact) mass is 195 g/mol. The quantitative estimate of drug-likeness (QED) is 0.621. The summed E-state index contributed by atoms with van der Waals surface area (Å²) in [5, 5.41) is 0. The Hall–Kier alpha value is -1.32. The zero-order valence-electron chi connectivity index (χ0n) is 8.10. The van der Waals surface area contributed by atoms with E-state index in [9.17, 15) is 9.59 Å². The van der Waals surface area contributed by atoms with Crippen molar-refractivity contribution in [3.05, 3.63) is 12.2 Å². The van der Waals surface area contributed by atoms with Gasteiger partial charge in [-0.2, -0.15) is 0 Å². The van der Waals surface area contributed by atoms with Crippen molar-refractivity contribution in [2.45, 2.75) is 13.3 Å². The summed E-state index contributed by atoms with van der Waals surface area (Å²) >= 11 is 0. The molecule has 14 heavy (non-hydrogen) atoms. The molecule has 0 N–H and O–H groups in total. The summed E-state index contributed by atoms with van der Waals surface area (Å²) in [5.74, 6) is 0.272. The van der Waals surface area contributed by atoms with Crippen LogP contribution in [-0.4, -0.2) is 30.1 Å². The second kappa shape index (κ2) is 3.44. The number of rotatable bonds is 2. The molecule has 0 aromatic carbocycles. The van der Waals surface area contributed by atoms with Crippen molar-refractivity contribution in [3.8, 4) is 0 Å². The Morgan fingerprint density at radius 2 is 2.43 bits per heavy atom. The number of amides is 2. The smallest absolute Gasteiger partial charge is 0.416 e. The molecule has 0 aromatic rings. The highest BCUT2D eigenvalue weighted by molar-refractivity contribution is 5.95. The van der Waals surface area contributed by atoms with E-state index in [0.29, 0.717) is 19.1 Å². The van der Waals surface area contributed by atoms with Crippen molar-refractivity contribution in [2.75, 3.05) is 13.2 Å². The minimum absolute atomic E-state index is 0.0110. The lowest BCUT2D eigenvalue weighted by atomic mass is 10.2. The highest BCUT2D eigenvalue weighted by Crippen LogP contribution is 2.41. The van der Waals surface area contributed by atoms with E-state index in [2.05, 4.69) is 0 Å². The molecule has 1 saturated heterocycles. The zero-order chi connectivity index (χ0) is 10.1. The average molecular weight is 195 g/mol. The zero-order valence-corrected chi connectivity index (χ0v) is 8.10. The van der Waals surface area contributed by atoms with Crippen molar-refractivity contribution in [1.82, 2.24) is 4.90 Å². The molecule has 1 aliphatic heterocycles. The number of imide groups is 1. The van der Waals surface area contributed by atoms with Crippen molar-refractivity contribution in [3.63, 3.8) is 0 Å². The third-order valence-electron chi connectivity index (χ3n) is 2.62. The normalized spacial score (nSPS) is 30.9. The predicted octanol–water partition coefficient (Wildman–Crippen LogP) is 1.18. The van der Waals surface area contributed by atoms with Crippen LogP contribution >= 0.6 is 0 Å². The lowest BCUT2D eigenvalue weighted by molar-refractivity contribution is -0.129. The maximum atomic E-state index is 11.7. The molecular formula is C10H13NO3. The summed E-state index contributed by atoms with van der Waals surface area (Å²) in [6.07, 6.45) is 4.35. The number of allylic oxidation sites excluding steroid dienone is 2. The van der Waals surface area contributed by atoms with Gasteiger partial charge in [0.15, 0.2) is 0 Å². The summed E-state index contributed by atoms with van der Waals surface area (Å²) in [6.45, 7) is 2.69. The van der Waals surface area contributed by atoms with Gasteiger partial charge >= 0.3 is 6.09 Å².